The Labute approximate surface area is 145 Å². The molecular formula is C17H20N4O2S. The van der Waals surface area contributed by atoms with Crippen molar-refractivity contribution in [3.05, 3.63) is 53.5 Å². The minimum absolute atomic E-state index is 0.313. The Morgan fingerprint density at radius 2 is 2.17 bits per heavy atom. The molecule has 6 nitrogen and oxygen atoms in total. The zero-order valence-corrected chi connectivity index (χ0v) is 14.5. The van der Waals surface area contributed by atoms with Crippen molar-refractivity contribution in [1.82, 2.24) is 14.8 Å². The zero-order valence-electron chi connectivity index (χ0n) is 13.7. The van der Waals surface area contributed by atoms with Gasteiger partial charge in [0.25, 0.3) is 0 Å². The van der Waals surface area contributed by atoms with Crippen LogP contribution in [-0.4, -0.2) is 38.8 Å². The molecule has 0 radical (unpaired) electrons. The lowest BCUT2D eigenvalue weighted by molar-refractivity contribution is -0.138. The third kappa shape index (κ3) is 3.31. The molecule has 0 aliphatic carbocycles. The summed E-state index contributed by atoms with van der Waals surface area (Å²) in [6, 6.07) is 9.47. The smallest absolute Gasteiger partial charge is 0.338 e. The summed E-state index contributed by atoms with van der Waals surface area (Å²) in [5.74, 6) is 2.12. The van der Waals surface area contributed by atoms with Gasteiger partial charge in [-0.2, -0.15) is 21.8 Å². The number of allylic oxidation sites excluding steroid dienone is 1. The van der Waals surface area contributed by atoms with Crippen molar-refractivity contribution in [2.75, 3.05) is 23.4 Å². The Morgan fingerprint density at radius 3 is 2.92 bits per heavy atom. The summed E-state index contributed by atoms with van der Waals surface area (Å²) in [5.41, 5.74) is 2.29. The molecule has 0 unspecified atom stereocenters. The van der Waals surface area contributed by atoms with Crippen molar-refractivity contribution >= 4 is 23.7 Å². The van der Waals surface area contributed by atoms with Gasteiger partial charge in [0.05, 0.1) is 5.57 Å². The van der Waals surface area contributed by atoms with Gasteiger partial charge in [-0.15, -0.1) is 0 Å². The number of hydrogen-bond acceptors (Lipinski definition) is 6. The predicted octanol–water partition coefficient (Wildman–Crippen LogP) is 2.86. The highest BCUT2D eigenvalue weighted by atomic mass is 32.2. The van der Waals surface area contributed by atoms with E-state index in [9.17, 15) is 4.79 Å². The normalized spacial score (nSPS) is 16.5. The van der Waals surface area contributed by atoms with Gasteiger partial charge in [-0.3, -0.25) is 0 Å². The summed E-state index contributed by atoms with van der Waals surface area (Å²) in [7, 11) is 0. The standard InChI is InChI=1S/C17H20N4O2S/c1-3-24-10-9-23-16(22)14-12(2)20-17-18-11-19-21(17)15(14)13-7-5-4-6-8-13/h4-8,11,15H,3,9-10H2,1-2H3,(H,18,19,20)/t15-/m0/s1. The number of thioether (sulfide) groups is 1. The number of ether oxygens (including phenoxy) is 1. The van der Waals surface area contributed by atoms with Gasteiger partial charge in [-0.1, -0.05) is 37.3 Å². The van der Waals surface area contributed by atoms with E-state index in [1.165, 1.54) is 6.33 Å². The molecule has 0 spiro atoms. The summed E-state index contributed by atoms with van der Waals surface area (Å²) >= 11 is 1.75. The number of nitrogens with one attached hydrogen (secondary N) is 1. The average molecular weight is 344 g/mol. The number of benzene rings is 1. The quantitative estimate of drug-likeness (QED) is 0.642. The molecule has 1 aromatic heterocycles. The molecule has 1 aromatic carbocycles. The van der Waals surface area contributed by atoms with Crippen molar-refractivity contribution in [3.63, 3.8) is 0 Å². The first kappa shape index (κ1) is 16.6. The number of esters is 1. The van der Waals surface area contributed by atoms with Gasteiger partial charge in [-0.05, 0) is 18.2 Å². The molecule has 0 fully saturated rings. The average Bonchev–Trinajstić information content (AvgIpc) is 3.06. The van der Waals surface area contributed by atoms with Crippen molar-refractivity contribution in [2.24, 2.45) is 0 Å². The van der Waals surface area contributed by atoms with Gasteiger partial charge in [0.2, 0.25) is 5.95 Å². The molecule has 3 rings (SSSR count). The summed E-state index contributed by atoms with van der Waals surface area (Å²) in [4.78, 5) is 16.9. The van der Waals surface area contributed by atoms with E-state index < -0.39 is 0 Å². The maximum absolute atomic E-state index is 12.7. The summed E-state index contributed by atoms with van der Waals surface area (Å²) in [5, 5.41) is 7.42. The second-order valence-electron chi connectivity index (χ2n) is 5.34. The molecule has 0 saturated heterocycles. The van der Waals surface area contributed by atoms with Crippen molar-refractivity contribution < 1.29 is 9.53 Å². The molecule has 7 heteroatoms. The topological polar surface area (TPSA) is 69.0 Å². The highest BCUT2D eigenvalue weighted by molar-refractivity contribution is 7.99. The number of anilines is 1. The predicted molar refractivity (Wildman–Crippen MR) is 94.9 cm³/mol. The number of rotatable bonds is 6. The number of carbonyl (C=O) groups excluding carboxylic acids is 1. The molecule has 1 aliphatic heterocycles. The molecule has 1 aliphatic rings. The lowest BCUT2D eigenvalue weighted by atomic mass is 9.96. The first-order valence-corrected chi connectivity index (χ1v) is 9.05. The van der Waals surface area contributed by atoms with Crippen LogP contribution in [0.25, 0.3) is 0 Å². The molecule has 24 heavy (non-hydrogen) atoms. The van der Waals surface area contributed by atoms with Gasteiger partial charge >= 0.3 is 5.97 Å². The first-order chi connectivity index (χ1) is 11.7. The van der Waals surface area contributed by atoms with E-state index in [-0.39, 0.29) is 12.0 Å². The Bertz CT molecular complexity index is 742. The van der Waals surface area contributed by atoms with Gasteiger partial charge < -0.3 is 10.1 Å². The maximum Gasteiger partial charge on any atom is 0.338 e. The fourth-order valence-corrected chi connectivity index (χ4v) is 3.20. The van der Waals surface area contributed by atoms with Gasteiger partial charge in [-0.25, -0.2) is 9.48 Å². The van der Waals surface area contributed by atoms with Crippen LogP contribution in [0.5, 0.6) is 0 Å². The monoisotopic (exact) mass is 344 g/mol. The van der Waals surface area contributed by atoms with Crippen molar-refractivity contribution in [2.45, 2.75) is 19.9 Å². The van der Waals surface area contributed by atoms with E-state index in [2.05, 4.69) is 22.3 Å². The van der Waals surface area contributed by atoms with Gasteiger partial charge in [0.15, 0.2) is 0 Å². The van der Waals surface area contributed by atoms with E-state index in [0.29, 0.717) is 18.1 Å². The molecule has 2 aromatic rings. The van der Waals surface area contributed by atoms with E-state index in [1.807, 2.05) is 37.3 Å². The Balaban J connectivity index is 1.91. The summed E-state index contributed by atoms with van der Waals surface area (Å²) in [6.07, 6.45) is 1.48. The molecule has 1 N–H and O–H groups in total. The number of carbonyl (C=O) groups is 1. The fourth-order valence-electron chi connectivity index (χ4n) is 2.71. The number of fused-ring (bicyclic) bond motifs is 1. The van der Waals surface area contributed by atoms with Gasteiger partial charge in [0.1, 0.15) is 19.0 Å². The van der Waals surface area contributed by atoms with Crippen LogP contribution in [0.4, 0.5) is 5.95 Å². The highest BCUT2D eigenvalue weighted by Gasteiger charge is 2.34. The van der Waals surface area contributed by atoms with E-state index in [0.717, 1.165) is 22.8 Å². The number of nitrogens with zero attached hydrogens (tertiary/aromatic N) is 3. The maximum atomic E-state index is 12.7. The second kappa shape index (κ2) is 7.53. The number of aromatic nitrogens is 3. The SMILES string of the molecule is CCSCCOC(=O)C1=C(C)Nc2ncnn2[C@H]1c1ccccc1. The molecule has 0 saturated carbocycles. The molecule has 126 valence electrons. The Morgan fingerprint density at radius 1 is 1.38 bits per heavy atom. The van der Waals surface area contributed by atoms with E-state index in [4.69, 9.17) is 4.74 Å². The van der Waals surface area contributed by atoms with Crippen LogP contribution in [0.15, 0.2) is 47.9 Å². The van der Waals surface area contributed by atoms with Crippen LogP contribution in [0.2, 0.25) is 0 Å². The van der Waals surface area contributed by atoms with Crippen LogP contribution in [-0.2, 0) is 9.53 Å². The van der Waals surface area contributed by atoms with E-state index >= 15 is 0 Å². The van der Waals surface area contributed by atoms with Gasteiger partial charge in [0, 0.05) is 11.4 Å². The van der Waals surface area contributed by atoms with Crippen LogP contribution >= 0.6 is 11.8 Å². The molecule has 1 atom stereocenters. The Hall–Kier alpha value is -2.28. The number of hydrogen-bond donors (Lipinski definition) is 1. The van der Waals surface area contributed by atoms with E-state index in [1.54, 1.807) is 16.4 Å². The first-order valence-electron chi connectivity index (χ1n) is 7.89. The van der Waals surface area contributed by atoms with Crippen LogP contribution in [0, 0.1) is 0 Å². The van der Waals surface area contributed by atoms with Crippen LogP contribution in [0.1, 0.15) is 25.5 Å². The molecule has 0 amide bonds. The molecule has 0 bridgehead atoms. The fraction of sp³-hybridized carbons (Fsp3) is 0.353. The molecular weight excluding hydrogens is 324 g/mol. The molecule has 2 heterocycles. The summed E-state index contributed by atoms with van der Waals surface area (Å²) in [6.45, 7) is 4.35. The van der Waals surface area contributed by atoms with Crippen LogP contribution < -0.4 is 5.32 Å². The lowest BCUT2D eigenvalue weighted by Gasteiger charge is -2.28. The second-order valence-corrected chi connectivity index (χ2v) is 6.73. The third-order valence-electron chi connectivity index (χ3n) is 3.79. The third-order valence-corrected chi connectivity index (χ3v) is 4.66. The van der Waals surface area contributed by atoms with Crippen molar-refractivity contribution in [3.8, 4) is 0 Å². The Kier molecular flexibility index (Phi) is 5.20. The summed E-state index contributed by atoms with van der Waals surface area (Å²) < 4.78 is 7.20. The zero-order chi connectivity index (χ0) is 16.9. The van der Waals surface area contributed by atoms with Crippen LogP contribution in [0.3, 0.4) is 0 Å². The highest BCUT2D eigenvalue weighted by Crippen LogP contribution is 2.34. The van der Waals surface area contributed by atoms with Crippen molar-refractivity contribution in [1.29, 1.82) is 0 Å². The minimum atomic E-state index is -0.337. The lowest BCUT2D eigenvalue weighted by Crippen LogP contribution is -2.30. The largest absolute Gasteiger partial charge is 0.461 e. The minimum Gasteiger partial charge on any atom is -0.461 e.